The van der Waals surface area contributed by atoms with E-state index < -0.39 is 4.92 Å². The summed E-state index contributed by atoms with van der Waals surface area (Å²) in [5.41, 5.74) is 2.14. The Kier molecular flexibility index (Phi) is 4.34. The van der Waals surface area contributed by atoms with E-state index in [0.717, 1.165) is 11.3 Å². The molecule has 20 heavy (non-hydrogen) atoms. The van der Waals surface area contributed by atoms with E-state index in [0.29, 0.717) is 16.6 Å². The Hall–Kier alpha value is -1.95. The van der Waals surface area contributed by atoms with Gasteiger partial charge in [0.05, 0.1) is 4.92 Å². The van der Waals surface area contributed by atoms with Crippen LogP contribution in [0.3, 0.4) is 0 Å². The Bertz CT molecular complexity index is 662. The highest BCUT2D eigenvalue weighted by atomic mass is 79.9. The van der Waals surface area contributed by atoms with Crippen LogP contribution in [0.2, 0.25) is 0 Å². The maximum Gasteiger partial charge on any atom is 0.270 e. The minimum absolute atomic E-state index is 0.0174. The van der Waals surface area contributed by atoms with Crippen LogP contribution in [0.15, 0.2) is 40.9 Å². The Morgan fingerprint density at radius 3 is 2.65 bits per heavy atom. The SMILES string of the molecule is Cc1ccc(CNc2ccc([N+](=O)[O-])cc2Br)cc1F. The van der Waals surface area contributed by atoms with Crippen LogP contribution in [0.1, 0.15) is 11.1 Å². The Morgan fingerprint density at radius 2 is 2.05 bits per heavy atom. The zero-order valence-corrected chi connectivity index (χ0v) is 12.3. The molecule has 2 aromatic carbocycles. The molecule has 0 radical (unpaired) electrons. The standard InChI is InChI=1S/C14H12BrFN2O2/c1-9-2-3-10(6-13(9)16)8-17-14-5-4-11(18(19)20)7-12(14)15/h2-7,17H,8H2,1H3. The second-order valence-electron chi connectivity index (χ2n) is 4.36. The lowest BCUT2D eigenvalue weighted by atomic mass is 10.1. The molecule has 0 aliphatic rings. The number of nitrogens with zero attached hydrogens (tertiary/aromatic N) is 1. The topological polar surface area (TPSA) is 55.2 Å². The second kappa shape index (κ2) is 6.00. The van der Waals surface area contributed by atoms with Gasteiger partial charge in [0.25, 0.3) is 5.69 Å². The van der Waals surface area contributed by atoms with Crippen molar-refractivity contribution in [1.82, 2.24) is 0 Å². The van der Waals surface area contributed by atoms with E-state index in [1.54, 1.807) is 19.1 Å². The van der Waals surface area contributed by atoms with E-state index in [9.17, 15) is 14.5 Å². The van der Waals surface area contributed by atoms with Crippen molar-refractivity contribution in [3.05, 3.63) is 67.9 Å². The molecule has 0 fully saturated rings. The number of benzene rings is 2. The highest BCUT2D eigenvalue weighted by Crippen LogP contribution is 2.27. The highest BCUT2D eigenvalue weighted by molar-refractivity contribution is 9.10. The van der Waals surface area contributed by atoms with Crippen molar-refractivity contribution in [2.75, 3.05) is 5.32 Å². The van der Waals surface area contributed by atoms with Crippen molar-refractivity contribution in [2.45, 2.75) is 13.5 Å². The first kappa shape index (κ1) is 14.5. The van der Waals surface area contributed by atoms with Gasteiger partial charge in [-0.2, -0.15) is 0 Å². The lowest BCUT2D eigenvalue weighted by Gasteiger charge is -2.09. The van der Waals surface area contributed by atoms with Gasteiger partial charge in [-0.15, -0.1) is 0 Å². The van der Waals surface area contributed by atoms with E-state index >= 15 is 0 Å². The quantitative estimate of drug-likeness (QED) is 0.663. The van der Waals surface area contributed by atoms with E-state index in [1.807, 2.05) is 6.07 Å². The Balaban J connectivity index is 2.10. The summed E-state index contributed by atoms with van der Waals surface area (Å²) in [5, 5.41) is 13.7. The van der Waals surface area contributed by atoms with Crippen LogP contribution in [0.25, 0.3) is 0 Å². The van der Waals surface area contributed by atoms with Crippen LogP contribution in [0, 0.1) is 22.9 Å². The third kappa shape index (κ3) is 3.33. The van der Waals surface area contributed by atoms with Crippen LogP contribution in [0.4, 0.5) is 15.8 Å². The zero-order chi connectivity index (χ0) is 14.7. The highest BCUT2D eigenvalue weighted by Gasteiger charge is 2.09. The van der Waals surface area contributed by atoms with Crippen molar-refractivity contribution in [3.63, 3.8) is 0 Å². The minimum Gasteiger partial charge on any atom is -0.380 e. The summed E-state index contributed by atoms with van der Waals surface area (Å²) < 4.78 is 14.0. The lowest BCUT2D eigenvalue weighted by molar-refractivity contribution is -0.384. The van der Waals surface area contributed by atoms with E-state index in [1.165, 1.54) is 18.2 Å². The predicted octanol–water partition coefficient (Wildman–Crippen LogP) is 4.42. The molecule has 6 heteroatoms. The molecule has 0 unspecified atom stereocenters. The summed E-state index contributed by atoms with van der Waals surface area (Å²) in [5.74, 6) is -0.243. The average molecular weight is 339 g/mol. The molecule has 0 bridgehead atoms. The number of nitrogens with one attached hydrogen (secondary N) is 1. The average Bonchev–Trinajstić information content (AvgIpc) is 2.41. The maximum atomic E-state index is 13.4. The van der Waals surface area contributed by atoms with Gasteiger partial charge in [0.1, 0.15) is 5.82 Å². The lowest BCUT2D eigenvalue weighted by Crippen LogP contribution is -2.01. The number of anilines is 1. The first-order valence-corrected chi connectivity index (χ1v) is 6.69. The molecule has 0 aliphatic carbocycles. The summed E-state index contributed by atoms with van der Waals surface area (Å²) in [4.78, 5) is 10.2. The van der Waals surface area contributed by atoms with E-state index in [4.69, 9.17) is 0 Å². The molecule has 0 aromatic heterocycles. The number of hydrogen-bond acceptors (Lipinski definition) is 3. The van der Waals surface area contributed by atoms with Gasteiger partial charge in [-0.25, -0.2) is 4.39 Å². The molecule has 2 aromatic rings. The first-order chi connectivity index (χ1) is 9.47. The number of halogens is 2. The van der Waals surface area contributed by atoms with Crippen LogP contribution in [-0.4, -0.2) is 4.92 Å². The smallest absolute Gasteiger partial charge is 0.270 e. The minimum atomic E-state index is -0.454. The number of nitro benzene ring substituents is 1. The van der Waals surface area contributed by atoms with Crippen LogP contribution in [-0.2, 0) is 6.54 Å². The Labute approximate surface area is 123 Å². The molecule has 1 N–H and O–H groups in total. The summed E-state index contributed by atoms with van der Waals surface area (Å²) in [7, 11) is 0. The van der Waals surface area contributed by atoms with E-state index in [-0.39, 0.29) is 11.5 Å². The fraction of sp³-hybridized carbons (Fsp3) is 0.143. The van der Waals surface area contributed by atoms with Gasteiger partial charge in [0.15, 0.2) is 0 Å². The third-order valence-electron chi connectivity index (χ3n) is 2.88. The third-order valence-corrected chi connectivity index (χ3v) is 3.54. The van der Waals surface area contributed by atoms with Crippen LogP contribution < -0.4 is 5.32 Å². The summed E-state index contributed by atoms with van der Waals surface area (Å²) in [6.07, 6.45) is 0. The predicted molar refractivity (Wildman–Crippen MR) is 79.3 cm³/mol. The van der Waals surface area contributed by atoms with Gasteiger partial charge in [-0.05, 0) is 46.1 Å². The molecular formula is C14H12BrFN2O2. The van der Waals surface area contributed by atoms with Gasteiger partial charge >= 0.3 is 0 Å². The normalized spacial score (nSPS) is 10.3. The van der Waals surface area contributed by atoms with Crippen molar-refractivity contribution < 1.29 is 9.31 Å². The number of hydrogen-bond donors (Lipinski definition) is 1. The fourth-order valence-corrected chi connectivity index (χ4v) is 2.21. The fourth-order valence-electron chi connectivity index (χ4n) is 1.70. The maximum absolute atomic E-state index is 13.4. The van der Waals surface area contributed by atoms with Gasteiger partial charge in [0, 0.05) is 28.8 Å². The van der Waals surface area contributed by atoms with Crippen LogP contribution in [0.5, 0.6) is 0 Å². The van der Waals surface area contributed by atoms with Gasteiger partial charge in [-0.3, -0.25) is 10.1 Å². The van der Waals surface area contributed by atoms with Crippen molar-refractivity contribution in [3.8, 4) is 0 Å². The summed E-state index contributed by atoms with van der Waals surface area (Å²) in [6, 6.07) is 9.50. The van der Waals surface area contributed by atoms with Gasteiger partial charge < -0.3 is 5.32 Å². The molecule has 4 nitrogen and oxygen atoms in total. The molecule has 2 rings (SSSR count). The molecule has 0 aliphatic heterocycles. The van der Waals surface area contributed by atoms with E-state index in [2.05, 4.69) is 21.2 Å². The molecule has 0 atom stereocenters. The van der Waals surface area contributed by atoms with Crippen molar-refractivity contribution in [1.29, 1.82) is 0 Å². The molecular weight excluding hydrogens is 327 g/mol. The summed E-state index contributed by atoms with van der Waals surface area (Å²) in [6.45, 7) is 2.15. The zero-order valence-electron chi connectivity index (χ0n) is 10.7. The molecule has 0 heterocycles. The second-order valence-corrected chi connectivity index (χ2v) is 5.21. The Morgan fingerprint density at radius 1 is 1.30 bits per heavy atom. The van der Waals surface area contributed by atoms with Gasteiger partial charge in [0.2, 0.25) is 0 Å². The molecule has 0 saturated heterocycles. The van der Waals surface area contributed by atoms with Crippen LogP contribution >= 0.6 is 15.9 Å². The number of rotatable bonds is 4. The number of aryl methyl sites for hydroxylation is 1. The van der Waals surface area contributed by atoms with Crippen molar-refractivity contribution in [2.24, 2.45) is 0 Å². The number of non-ortho nitro benzene ring substituents is 1. The largest absolute Gasteiger partial charge is 0.380 e. The molecule has 0 saturated carbocycles. The van der Waals surface area contributed by atoms with Crippen molar-refractivity contribution >= 4 is 27.3 Å². The van der Waals surface area contributed by atoms with Gasteiger partial charge in [-0.1, -0.05) is 12.1 Å². The molecule has 0 amide bonds. The number of nitro groups is 1. The summed E-state index contributed by atoms with van der Waals surface area (Å²) >= 11 is 3.27. The molecule has 104 valence electrons. The first-order valence-electron chi connectivity index (χ1n) is 5.90. The molecule has 0 spiro atoms. The monoisotopic (exact) mass is 338 g/mol.